The summed E-state index contributed by atoms with van der Waals surface area (Å²) >= 11 is 0. The maximum absolute atomic E-state index is 12.2. The lowest BCUT2D eigenvalue weighted by Gasteiger charge is -2.09. The third kappa shape index (κ3) is 2.45. The molecule has 0 aliphatic heterocycles. The van der Waals surface area contributed by atoms with Crippen molar-refractivity contribution in [1.82, 2.24) is 9.78 Å². The van der Waals surface area contributed by atoms with Gasteiger partial charge >= 0.3 is 0 Å². The largest absolute Gasteiger partial charge is 0.496 e. The Kier molecular flexibility index (Phi) is 3.65. The van der Waals surface area contributed by atoms with Crippen LogP contribution < -0.4 is 15.8 Å². The van der Waals surface area contributed by atoms with E-state index in [0.717, 1.165) is 5.56 Å². The van der Waals surface area contributed by atoms with Gasteiger partial charge in [0.15, 0.2) is 5.82 Å². The zero-order valence-corrected chi connectivity index (χ0v) is 12.0. The highest BCUT2D eigenvalue weighted by Crippen LogP contribution is 2.23. The molecule has 0 saturated carbocycles. The van der Waals surface area contributed by atoms with Crippen LogP contribution in [0.15, 0.2) is 18.2 Å². The Morgan fingerprint density at radius 2 is 2.10 bits per heavy atom. The molecule has 0 aliphatic rings. The average Bonchev–Trinajstić information content (AvgIpc) is 2.66. The Morgan fingerprint density at radius 3 is 2.65 bits per heavy atom. The zero-order valence-electron chi connectivity index (χ0n) is 12.0. The first-order chi connectivity index (χ1) is 9.43. The summed E-state index contributed by atoms with van der Waals surface area (Å²) in [6, 6.07) is 5.28. The van der Waals surface area contributed by atoms with Crippen LogP contribution in [0.25, 0.3) is 0 Å². The van der Waals surface area contributed by atoms with Gasteiger partial charge in [0.05, 0.1) is 18.5 Å². The van der Waals surface area contributed by atoms with E-state index in [1.165, 1.54) is 0 Å². The van der Waals surface area contributed by atoms with Crippen LogP contribution in [0.2, 0.25) is 0 Å². The second-order valence-corrected chi connectivity index (χ2v) is 4.61. The van der Waals surface area contributed by atoms with Crippen LogP contribution in [-0.2, 0) is 7.05 Å². The van der Waals surface area contributed by atoms with Crippen molar-refractivity contribution >= 4 is 17.4 Å². The second-order valence-electron chi connectivity index (χ2n) is 4.61. The highest BCUT2D eigenvalue weighted by molar-refractivity contribution is 6.05. The van der Waals surface area contributed by atoms with Gasteiger partial charge in [-0.15, -0.1) is 0 Å². The van der Waals surface area contributed by atoms with Crippen LogP contribution in [0.3, 0.4) is 0 Å². The Bertz CT molecular complexity index is 661. The molecular formula is C14H18N4O2. The van der Waals surface area contributed by atoms with Gasteiger partial charge in [0.25, 0.3) is 5.91 Å². The van der Waals surface area contributed by atoms with E-state index in [2.05, 4.69) is 10.4 Å². The first-order valence-corrected chi connectivity index (χ1v) is 6.19. The van der Waals surface area contributed by atoms with Crippen molar-refractivity contribution in [3.05, 3.63) is 35.0 Å². The number of nitrogens with one attached hydrogen (secondary N) is 1. The summed E-state index contributed by atoms with van der Waals surface area (Å²) in [6.45, 7) is 3.71. The summed E-state index contributed by atoms with van der Waals surface area (Å²) < 4.78 is 6.76. The Balaban J connectivity index is 2.28. The summed E-state index contributed by atoms with van der Waals surface area (Å²) in [5.74, 6) is 0.914. The monoisotopic (exact) mass is 274 g/mol. The van der Waals surface area contributed by atoms with Gasteiger partial charge in [0.1, 0.15) is 5.75 Å². The third-order valence-corrected chi connectivity index (χ3v) is 3.17. The molecule has 0 atom stereocenters. The number of rotatable bonds is 3. The summed E-state index contributed by atoms with van der Waals surface area (Å²) in [4.78, 5) is 12.2. The summed E-state index contributed by atoms with van der Waals surface area (Å²) in [6.07, 6.45) is 0. The fourth-order valence-electron chi connectivity index (χ4n) is 1.96. The number of amides is 1. The molecule has 0 aliphatic carbocycles. The molecule has 6 nitrogen and oxygen atoms in total. The first kappa shape index (κ1) is 13.9. The molecule has 0 saturated heterocycles. The van der Waals surface area contributed by atoms with Gasteiger partial charge in [-0.05, 0) is 31.5 Å². The molecule has 0 unspecified atom stereocenters. The molecule has 6 heteroatoms. The quantitative estimate of drug-likeness (QED) is 0.895. The Morgan fingerprint density at radius 1 is 1.40 bits per heavy atom. The van der Waals surface area contributed by atoms with E-state index >= 15 is 0 Å². The minimum Gasteiger partial charge on any atom is -0.496 e. The lowest BCUT2D eigenvalue weighted by molar-refractivity contribution is 0.102. The van der Waals surface area contributed by atoms with Crippen LogP contribution >= 0.6 is 0 Å². The molecule has 0 radical (unpaired) electrons. The molecule has 2 aromatic rings. The van der Waals surface area contributed by atoms with Crippen LogP contribution in [0, 0.1) is 13.8 Å². The van der Waals surface area contributed by atoms with Crippen molar-refractivity contribution in [2.75, 3.05) is 18.2 Å². The van der Waals surface area contributed by atoms with Gasteiger partial charge < -0.3 is 15.8 Å². The molecule has 2 rings (SSSR count). The van der Waals surface area contributed by atoms with Gasteiger partial charge in [0.2, 0.25) is 0 Å². The van der Waals surface area contributed by atoms with Gasteiger partial charge in [-0.25, -0.2) is 0 Å². The van der Waals surface area contributed by atoms with Crippen LogP contribution in [0.5, 0.6) is 5.75 Å². The summed E-state index contributed by atoms with van der Waals surface area (Å²) in [5.41, 5.74) is 8.52. The van der Waals surface area contributed by atoms with E-state index < -0.39 is 0 Å². The fraction of sp³-hybridized carbons (Fsp3) is 0.286. The van der Waals surface area contributed by atoms with Gasteiger partial charge in [-0.3, -0.25) is 9.48 Å². The molecule has 1 aromatic heterocycles. The number of hydrogen-bond acceptors (Lipinski definition) is 4. The molecule has 1 heterocycles. The van der Waals surface area contributed by atoms with E-state index in [-0.39, 0.29) is 5.91 Å². The number of carbonyl (C=O) groups is 1. The number of methoxy groups -OCH3 is 1. The minimum absolute atomic E-state index is 0.252. The predicted octanol–water partition coefficient (Wildman–Crippen LogP) is 1.88. The van der Waals surface area contributed by atoms with Crippen LogP contribution in [0.1, 0.15) is 21.6 Å². The van der Waals surface area contributed by atoms with Crippen molar-refractivity contribution in [1.29, 1.82) is 0 Å². The molecule has 3 N–H and O–H groups in total. The smallest absolute Gasteiger partial charge is 0.257 e. The third-order valence-electron chi connectivity index (χ3n) is 3.17. The van der Waals surface area contributed by atoms with Crippen LogP contribution in [-0.4, -0.2) is 22.8 Å². The predicted molar refractivity (Wildman–Crippen MR) is 78.0 cm³/mol. The average molecular weight is 274 g/mol. The molecular weight excluding hydrogens is 256 g/mol. The van der Waals surface area contributed by atoms with Gasteiger partial charge in [0, 0.05) is 12.6 Å². The minimum atomic E-state index is -0.252. The van der Waals surface area contributed by atoms with Crippen molar-refractivity contribution in [3.8, 4) is 5.75 Å². The molecule has 0 fully saturated rings. The number of hydrogen-bond donors (Lipinski definition) is 2. The Hall–Kier alpha value is -2.50. The summed E-state index contributed by atoms with van der Waals surface area (Å²) in [7, 11) is 3.31. The Labute approximate surface area is 117 Å². The molecule has 0 bridgehead atoms. The molecule has 20 heavy (non-hydrogen) atoms. The van der Waals surface area contributed by atoms with E-state index in [1.807, 2.05) is 13.0 Å². The number of anilines is 2. The number of nitrogen functional groups attached to an aromatic ring is 1. The van der Waals surface area contributed by atoms with Gasteiger partial charge in [-0.1, -0.05) is 6.07 Å². The topological polar surface area (TPSA) is 82.2 Å². The van der Waals surface area contributed by atoms with Gasteiger partial charge in [-0.2, -0.15) is 5.10 Å². The fourth-order valence-corrected chi connectivity index (χ4v) is 1.96. The lowest BCUT2D eigenvalue weighted by Crippen LogP contribution is -2.15. The number of aryl methyl sites for hydroxylation is 3. The standard InChI is InChI=1S/C14H18N4O2/c1-8-5-6-10(7-11(8)20-4)14(19)16-13-12(15)9(2)17-18(13)3/h5-7H,15H2,1-4H3,(H,16,19). The molecule has 1 amide bonds. The molecule has 106 valence electrons. The number of benzene rings is 1. The van der Waals surface area contributed by atoms with E-state index in [9.17, 15) is 4.79 Å². The second kappa shape index (κ2) is 5.24. The highest BCUT2D eigenvalue weighted by Gasteiger charge is 2.15. The number of nitrogens with two attached hydrogens (primary N) is 1. The van der Waals surface area contributed by atoms with Crippen LogP contribution in [0.4, 0.5) is 11.5 Å². The zero-order chi connectivity index (χ0) is 14.9. The van der Waals surface area contributed by atoms with E-state index in [0.29, 0.717) is 28.5 Å². The SMILES string of the molecule is COc1cc(C(=O)Nc2c(N)c(C)nn2C)ccc1C. The number of aromatic nitrogens is 2. The first-order valence-electron chi connectivity index (χ1n) is 6.19. The molecule has 0 spiro atoms. The number of carbonyl (C=O) groups excluding carboxylic acids is 1. The van der Waals surface area contributed by atoms with E-state index in [1.54, 1.807) is 37.9 Å². The van der Waals surface area contributed by atoms with E-state index in [4.69, 9.17) is 10.5 Å². The highest BCUT2D eigenvalue weighted by atomic mass is 16.5. The molecule has 1 aromatic carbocycles. The van der Waals surface area contributed by atoms with Crippen molar-refractivity contribution in [2.24, 2.45) is 7.05 Å². The maximum Gasteiger partial charge on any atom is 0.257 e. The summed E-state index contributed by atoms with van der Waals surface area (Å²) in [5, 5.41) is 6.92. The van der Waals surface area contributed by atoms with Crippen molar-refractivity contribution in [2.45, 2.75) is 13.8 Å². The lowest BCUT2D eigenvalue weighted by atomic mass is 10.1. The number of nitrogens with zero attached hydrogens (tertiary/aromatic N) is 2. The normalized spacial score (nSPS) is 10.4. The van der Waals surface area contributed by atoms with Crippen molar-refractivity contribution in [3.63, 3.8) is 0 Å². The maximum atomic E-state index is 12.2. The van der Waals surface area contributed by atoms with Crippen molar-refractivity contribution < 1.29 is 9.53 Å². The number of ether oxygens (including phenoxy) is 1.